The van der Waals surface area contributed by atoms with Crippen LogP contribution in [0.15, 0.2) is 36.4 Å². The Morgan fingerprint density at radius 3 is 2.62 bits per heavy atom. The summed E-state index contributed by atoms with van der Waals surface area (Å²) in [6.07, 6.45) is 0.459. The fraction of sp³-hybridized carbons (Fsp3) is 0.250. The average Bonchev–Trinajstić information content (AvgIpc) is 2.47. The molecule has 5 heteroatoms. The molecule has 0 aliphatic rings. The number of hydrogen-bond donors (Lipinski definition) is 1. The van der Waals surface area contributed by atoms with Crippen LogP contribution in [0.1, 0.15) is 17.2 Å². The van der Waals surface area contributed by atoms with E-state index in [9.17, 15) is 4.39 Å². The molecule has 0 aromatic heterocycles. The monoisotopic (exact) mass is 327 g/mol. The summed E-state index contributed by atoms with van der Waals surface area (Å²) in [6, 6.07) is 10.3. The molecule has 1 N–H and O–H groups in total. The zero-order chi connectivity index (χ0) is 15.4. The van der Waals surface area contributed by atoms with Crippen LogP contribution in [0.5, 0.6) is 5.75 Å². The van der Waals surface area contributed by atoms with Crippen LogP contribution < -0.4 is 10.1 Å². The van der Waals surface area contributed by atoms with Crippen molar-refractivity contribution < 1.29 is 9.13 Å². The molecule has 0 fully saturated rings. The molecule has 21 heavy (non-hydrogen) atoms. The van der Waals surface area contributed by atoms with E-state index in [-0.39, 0.29) is 17.6 Å². The zero-order valence-corrected chi connectivity index (χ0v) is 13.3. The first kappa shape index (κ1) is 16.1. The first-order valence-electron chi connectivity index (χ1n) is 6.50. The number of nitrogens with one attached hydrogen (secondary N) is 1. The lowest BCUT2D eigenvalue weighted by Crippen LogP contribution is -2.20. The summed E-state index contributed by atoms with van der Waals surface area (Å²) in [5.41, 5.74) is 1.45. The second-order valence-electron chi connectivity index (χ2n) is 4.64. The molecule has 0 saturated carbocycles. The Bertz CT molecular complexity index is 634. The summed E-state index contributed by atoms with van der Waals surface area (Å²) in [7, 11) is 3.27. The summed E-state index contributed by atoms with van der Waals surface area (Å²) in [4.78, 5) is 0. The Hall–Kier alpha value is -1.29. The SMILES string of the molecule is CNC(Cc1cccc(OC)c1F)c1ccc(Cl)cc1Cl. The second-order valence-corrected chi connectivity index (χ2v) is 5.49. The van der Waals surface area contributed by atoms with Gasteiger partial charge in [0.15, 0.2) is 11.6 Å². The quantitative estimate of drug-likeness (QED) is 0.863. The van der Waals surface area contributed by atoms with Crippen LogP contribution in [0.3, 0.4) is 0 Å². The third kappa shape index (κ3) is 3.67. The van der Waals surface area contributed by atoms with Gasteiger partial charge in [-0.25, -0.2) is 4.39 Å². The fourth-order valence-electron chi connectivity index (χ4n) is 2.24. The van der Waals surface area contributed by atoms with Gasteiger partial charge in [0.1, 0.15) is 0 Å². The van der Waals surface area contributed by atoms with Gasteiger partial charge in [-0.15, -0.1) is 0 Å². The lowest BCUT2D eigenvalue weighted by atomic mass is 9.98. The molecule has 0 bridgehead atoms. The van der Waals surface area contributed by atoms with Gasteiger partial charge in [-0.05, 0) is 42.8 Å². The minimum Gasteiger partial charge on any atom is -0.494 e. The highest BCUT2D eigenvalue weighted by molar-refractivity contribution is 6.35. The van der Waals surface area contributed by atoms with Gasteiger partial charge in [-0.1, -0.05) is 41.4 Å². The molecule has 0 spiro atoms. The average molecular weight is 328 g/mol. The van der Waals surface area contributed by atoms with Crippen LogP contribution in [0, 0.1) is 5.82 Å². The summed E-state index contributed by atoms with van der Waals surface area (Å²) in [5, 5.41) is 4.29. The van der Waals surface area contributed by atoms with Crippen molar-refractivity contribution in [2.75, 3.05) is 14.2 Å². The molecule has 0 aliphatic heterocycles. The molecule has 2 nitrogen and oxygen atoms in total. The number of benzene rings is 2. The lowest BCUT2D eigenvalue weighted by molar-refractivity contribution is 0.383. The Labute approximate surface area is 133 Å². The summed E-state index contributed by atoms with van der Waals surface area (Å²) in [6.45, 7) is 0. The predicted molar refractivity (Wildman–Crippen MR) is 84.9 cm³/mol. The van der Waals surface area contributed by atoms with E-state index in [0.29, 0.717) is 22.0 Å². The van der Waals surface area contributed by atoms with Crippen molar-refractivity contribution in [2.24, 2.45) is 0 Å². The van der Waals surface area contributed by atoms with Crippen molar-refractivity contribution in [2.45, 2.75) is 12.5 Å². The molecular formula is C16H16Cl2FNO. The van der Waals surface area contributed by atoms with Gasteiger partial charge >= 0.3 is 0 Å². The van der Waals surface area contributed by atoms with Crippen LogP contribution in [0.25, 0.3) is 0 Å². The third-order valence-corrected chi connectivity index (χ3v) is 3.94. The predicted octanol–water partition coefficient (Wildman–Crippen LogP) is 4.64. The van der Waals surface area contributed by atoms with E-state index in [2.05, 4.69) is 5.32 Å². The Balaban J connectivity index is 2.31. The minimum atomic E-state index is -0.342. The van der Waals surface area contributed by atoms with Crippen LogP contribution >= 0.6 is 23.2 Å². The highest BCUT2D eigenvalue weighted by Gasteiger charge is 2.17. The smallest absolute Gasteiger partial charge is 0.168 e. The molecule has 0 aliphatic carbocycles. The number of ether oxygens (including phenoxy) is 1. The fourth-order valence-corrected chi connectivity index (χ4v) is 2.78. The standard InChI is InChI=1S/C16H16Cl2FNO/c1-20-14(12-7-6-11(17)9-13(12)18)8-10-4-3-5-15(21-2)16(10)19/h3-7,9,14,20H,8H2,1-2H3. The summed E-state index contributed by atoms with van der Waals surface area (Å²) >= 11 is 12.1. The molecule has 1 unspecified atom stereocenters. The maximum Gasteiger partial charge on any atom is 0.168 e. The Kier molecular flexibility index (Phi) is 5.45. The van der Waals surface area contributed by atoms with E-state index in [4.69, 9.17) is 27.9 Å². The molecule has 2 aromatic rings. The van der Waals surface area contributed by atoms with Crippen molar-refractivity contribution in [3.63, 3.8) is 0 Å². The number of likely N-dealkylation sites (N-methyl/N-ethyl adjacent to an activating group) is 1. The molecule has 112 valence electrons. The normalized spacial score (nSPS) is 12.2. The van der Waals surface area contributed by atoms with Crippen LogP contribution in [-0.2, 0) is 6.42 Å². The first-order chi connectivity index (χ1) is 10.1. The van der Waals surface area contributed by atoms with E-state index < -0.39 is 0 Å². The molecule has 0 radical (unpaired) electrons. The van der Waals surface area contributed by atoms with E-state index in [1.165, 1.54) is 7.11 Å². The first-order valence-corrected chi connectivity index (χ1v) is 7.26. The van der Waals surface area contributed by atoms with Gasteiger partial charge in [0.25, 0.3) is 0 Å². The number of rotatable bonds is 5. The largest absolute Gasteiger partial charge is 0.494 e. The van der Waals surface area contributed by atoms with Gasteiger partial charge in [0.2, 0.25) is 0 Å². The highest BCUT2D eigenvalue weighted by Crippen LogP contribution is 2.30. The lowest BCUT2D eigenvalue weighted by Gasteiger charge is -2.19. The molecule has 2 rings (SSSR count). The molecule has 0 heterocycles. The minimum absolute atomic E-state index is 0.114. The number of halogens is 3. The zero-order valence-electron chi connectivity index (χ0n) is 11.8. The second kappa shape index (κ2) is 7.12. The van der Waals surface area contributed by atoms with Gasteiger partial charge in [0, 0.05) is 16.1 Å². The molecule has 0 saturated heterocycles. The Morgan fingerprint density at radius 2 is 2.00 bits per heavy atom. The van der Waals surface area contributed by atoms with Crippen molar-refractivity contribution in [3.8, 4) is 5.75 Å². The van der Waals surface area contributed by atoms with E-state index in [1.54, 1.807) is 30.3 Å². The van der Waals surface area contributed by atoms with Crippen molar-refractivity contribution in [1.29, 1.82) is 0 Å². The highest BCUT2D eigenvalue weighted by atomic mass is 35.5. The van der Waals surface area contributed by atoms with Crippen LogP contribution in [0.2, 0.25) is 10.0 Å². The summed E-state index contributed by atoms with van der Waals surface area (Å²) < 4.78 is 19.3. The van der Waals surface area contributed by atoms with Crippen LogP contribution in [0.4, 0.5) is 4.39 Å². The van der Waals surface area contributed by atoms with Crippen LogP contribution in [-0.4, -0.2) is 14.2 Å². The Morgan fingerprint density at radius 1 is 1.24 bits per heavy atom. The van der Waals surface area contributed by atoms with E-state index in [0.717, 1.165) is 5.56 Å². The van der Waals surface area contributed by atoms with Crippen molar-refractivity contribution >= 4 is 23.2 Å². The third-order valence-electron chi connectivity index (χ3n) is 3.37. The maximum atomic E-state index is 14.2. The topological polar surface area (TPSA) is 21.3 Å². The van der Waals surface area contributed by atoms with E-state index >= 15 is 0 Å². The molecular weight excluding hydrogens is 312 g/mol. The van der Waals surface area contributed by atoms with Gasteiger partial charge in [-0.2, -0.15) is 0 Å². The summed E-state index contributed by atoms with van der Waals surface area (Å²) in [5.74, 6) is -0.102. The number of methoxy groups -OCH3 is 1. The molecule has 2 aromatic carbocycles. The van der Waals surface area contributed by atoms with Gasteiger partial charge in [0.05, 0.1) is 7.11 Å². The molecule has 1 atom stereocenters. The van der Waals surface area contributed by atoms with Gasteiger partial charge in [-0.3, -0.25) is 0 Å². The molecule has 0 amide bonds. The maximum absolute atomic E-state index is 14.2. The van der Waals surface area contributed by atoms with Crippen molar-refractivity contribution in [1.82, 2.24) is 5.32 Å². The number of hydrogen-bond acceptors (Lipinski definition) is 2. The van der Waals surface area contributed by atoms with Gasteiger partial charge < -0.3 is 10.1 Å². The van der Waals surface area contributed by atoms with E-state index in [1.807, 2.05) is 13.1 Å². The van der Waals surface area contributed by atoms with Crippen molar-refractivity contribution in [3.05, 3.63) is 63.4 Å².